The molecule has 0 amide bonds. The van der Waals surface area contributed by atoms with E-state index < -0.39 is 4.92 Å². The van der Waals surface area contributed by atoms with Crippen LogP contribution in [0.2, 0.25) is 0 Å². The molecule has 1 aromatic carbocycles. The van der Waals surface area contributed by atoms with E-state index in [-0.39, 0.29) is 11.8 Å². The van der Waals surface area contributed by atoms with Crippen LogP contribution in [-0.2, 0) is 4.74 Å². The van der Waals surface area contributed by atoms with Gasteiger partial charge in [0.1, 0.15) is 11.9 Å². The quantitative estimate of drug-likeness (QED) is 0.581. The third-order valence-electron chi connectivity index (χ3n) is 2.45. The van der Waals surface area contributed by atoms with E-state index in [0.29, 0.717) is 12.4 Å². The Kier molecular flexibility index (Phi) is 3.36. The van der Waals surface area contributed by atoms with Gasteiger partial charge in [-0.2, -0.15) is 0 Å². The Morgan fingerprint density at radius 2 is 2.38 bits per heavy atom. The van der Waals surface area contributed by atoms with Gasteiger partial charge in [-0.3, -0.25) is 10.1 Å². The van der Waals surface area contributed by atoms with Crippen LogP contribution in [0.5, 0.6) is 5.75 Å². The molecule has 0 radical (unpaired) electrons. The van der Waals surface area contributed by atoms with Crippen LogP contribution in [0.25, 0.3) is 0 Å². The Hall–Kier alpha value is -1.62. The summed E-state index contributed by atoms with van der Waals surface area (Å²) in [5.74, 6) is 0.532. The van der Waals surface area contributed by atoms with Gasteiger partial charge in [0.05, 0.1) is 17.6 Å². The van der Waals surface area contributed by atoms with Gasteiger partial charge in [-0.25, -0.2) is 0 Å². The number of benzene rings is 1. The normalized spacial score (nSPS) is 20.4. The van der Waals surface area contributed by atoms with Crippen molar-refractivity contribution < 1.29 is 14.4 Å². The Morgan fingerprint density at radius 3 is 3.06 bits per heavy atom. The van der Waals surface area contributed by atoms with Gasteiger partial charge in [-0.1, -0.05) is 6.07 Å². The van der Waals surface area contributed by atoms with Crippen molar-refractivity contribution >= 4 is 5.69 Å². The van der Waals surface area contributed by atoms with Crippen LogP contribution in [-0.4, -0.2) is 24.2 Å². The third-order valence-corrected chi connectivity index (χ3v) is 2.45. The van der Waals surface area contributed by atoms with Gasteiger partial charge in [0.15, 0.2) is 0 Å². The molecule has 2 rings (SSSR count). The summed E-state index contributed by atoms with van der Waals surface area (Å²) in [6, 6.07) is 6.23. The summed E-state index contributed by atoms with van der Waals surface area (Å²) in [5.41, 5.74) is 0.0502. The predicted molar refractivity (Wildman–Crippen MR) is 57.6 cm³/mol. The molecule has 5 nitrogen and oxygen atoms in total. The molecular weight excluding hydrogens is 210 g/mol. The van der Waals surface area contributed by atoms with Crippen molar-refractivity contribution in [3.05, 3.63) is 34.4 Å². The molecule has 1 atom stereocenters. The Morgan fingerprint density at radius 1 is 1.50 bits per heavy atom. The molecule has 1 aromatic rings. The SMILES string of the molecule is O=[N+]([O-])c1cccc(OC2CCCOC2)c1. The van der Waals surface area contributed by atoms with Crippen molar-refractivity contribution in [2.45, 2.75) is 18.9 Å². The monoisotopic (exact) mass is 223 g/mol. The first-order valence-electron chi connectivity index (χ1n) is 5.24. The smallest absolute Gasteiger partial charge is 0.273 e. The van der Waals surface area contributed by atoms with Gasteiger partial charge in [0, 0.05) is 12.7 Å². The van der Waals surface area contributed by atoms with Crippen LogP contribution in [0, 0.1) is 10.1 Å². The van der Waals surface area contributed by atoms with Crippen molar-refractivity contribution in [3.63, 3.8) is 0 Å². The number of nitro benzene ring substituents is 1. The number of nitro groups is 1. The highest BCUT2D eigenvalue weighted by Gasteiger charge is 2.16. The topological polar surface area (TPSA) is 61.6 Å². The molecule has 0 spiro atoms. The molecule has 1 unspecified atom stereocenters. The summed E-state index contributed by atoms with van der Waals surface area (Å²) < 4.78 is 10.9. The average Bonchev–Trinajstić information content (AvgIpc) is 2.30. The van der Waals surface area contributed by atoms with E-state index in [0.717, 1.165) is 19.4 Å². The minimum absolute atomic E-state index is 0.00996. The molecule has 5 heteroatoms. The van der Waals surface area contributed by atoms with Gasteiger partial charge < -0.3 is 9.47 Å². The van der Waals surface area contributed by atoms with Crippen molar-refractivity contribution in [2.75, 3.05) is 13.2 Å². The zero-order chi connectivity index (χ0) is 11.4. The second-order valence-corrected chi connectivity index (χ2v) is 3.71. The highest BCUT2D eigenvalue weighted by molar-refractivity contribution is 5.38. The van der Waals surface area contributed by atoms with Crippen LogP contribution < -0.4 is 4.74 Å². The first-order chi connectivity index (χ1) is 7.75. The van der Waals surface area contributed by atoms with Crippen molar-refractivity contribution in [2.24, 2.45) is 0 Å². The van der Waals surface area contributed by atoms with E-state index in [2.05, 4.69) is 0 Å². The molecule has 1 aliphatic heterocycles. The minimum atomic E-state index is -0.426. The van der Waals surface area contributed by atoms with Gasteiger partial charge in [0.25, 0.3) is 5.69 Å². The summed E-state index contributed by atoms with van der Waals surface area (Å²) in [6.07, 6.45) is 1.92. The van der Waals surface area contributed by atoms with E-state index in [9.17, 15) is 10.1 Å². The molecule has 1 heterocycles. The Labute approximate surface area is 93.1 Å². The number of nitrogens with zero attached hydrogens (tertiary/aromatic N) is 1. The van der Waals surface area contributed by atoms with Crippen molar-refractivity contribution in [1.29, 1.82) is 0 Å². The largest absolute Gasteiger partial charge is 0.488 e. The molecule has 0 N–H and O–H groups in total. The van der Waals surface area contributed by atoms with Crippen molar-refractivity contribution in [1.82, 2.24) is 0 Å². The summed E-state index contributed by atoms with van der Waals surface area (Å²) >= 11 is 0. The number of rotatable bonds is 3. The minimum Gasteiger partial charge on any atom is -0.488 e. The standard InChI is InChI=1S/C11H13NO4/c13-12(14)9-3-1-4-10(7-9)16-11-5-2-6-15-8-11/h1,3-4,7,11H,2,5-6,8H2. The van der Waals surface area contributed by atoms with Gasteiger partial charge in [0.2, 0.25) is 0 Å². The molecule has 1 aliphatic rings. The van der Waals surface area contributed by atoms with Crippen LogP contribution >= 0.6 is 0 Å². The van der Waals surface area contributed by atoms with E-state index in [4.69, 9.17) is 9.47 Å². The molecular formula is C11H13NO4. The lowest BCUT2D eigenvalue weighted by Gasteiger charge is -2.23. The highest BCUT2D eigenvalue weighted by Crippen LogP contribution is 2.22. The lowest BCUT2D eigenvalue weighted by atomic mass is 10.2. The summed E-state index contributed by atoms with van der Waals surface area (Å²) in [6.45, 7) is 1.33. The van der Waals surface area contributed by atoms with Gasteiger partial charge in [-0.15, -0.1) is 0 Å². The zero-order valence-corrected chi connectivity index (χ0v) is 8.80. The summed E-state index contributed by atoms with van der Waals surface area (Å²) in [7, 11) is 0. The van der Waals surface area contributed by atoms with E-state index in [1.807, 2.05) is 0 Å². The lowest BCUT2D eigenvalue weighted by Crippen LogP contribution is -2.27. The second kappa shape index (κ2) is 4.94. The summed E-state index contributed by atoms with van der Waals surface area (Å²) in [5, 5.41) is 10.6. The van der Waals surface area contributed by atoms with Crippen molar-refractivity contribution in [3.8, 4) is 5.75 Å². The van der Waals surface area contributed by atoms with E-state index in [1.54, 1.807) is 12.1 Å². The fraction of sp³-hybridized carbons (Fsp3) is 0.455. The zero-order valence-electron chi connectivity index (χ0n) is 8.80. The molecule has 0 bridgehead atoms. The molecule has 1 saturated heterocycles. The first kappa shape index (κ1) is 10.9. The second-order valence-electron chi connectivity index (χ2n) is 3.71. The average molecular weight is 223 g/mol. The fourth-order valence-corrected chi connectivity index (χ4v) is 1.67. The Bertz CT molecular complexity index is 374. The number of hydrogen-bond donors (Lipinski definition) is 0. The molecule has 1 fully saturated rings. The third kappa shape index (κ3) is 2.70. The number of non-ortho nitro benzene ring substituents is 1. The van der Waals surface area contributed by atoms with Crippen LogP contribution in [0.3, 0.4) is 0 Å². The molecule has 86 valence electrons. The maximum Gasteiger partial charge on any atom is 0.273 e. The number of hydrogen-bond acceptors (Lipinski definition) is 4. The highest BCUT2D eigenvalue weighted by atomic mass is 16.6. The molecule has 16 heavy (non-hydrogen) atoms. The van der Waals surface area contributed by atoms with Crippen LogP contribution in [0.4, 0.5) is 5.69 Å². The van der Waals surface area contributed by atoms with Gasteiger partial charge >= 0.3 is 0 Å². The molecule has 0 saturated carbocycles. The van der Waals surface area contributed by atoms with E-state index >= 15 is 0 Å². The van der Waals surface area contributed by atoms with E-state index in [1.165, 1.54) is 12.1 Å². The lowest BCUT2D eigenvalue weighted by molar-refractivity contribution is -0.385. The maximum absolute atomic E-state index is 10.6. The molecule has 0 aromatic heterocycles. The Balaban J connectivity index is 2.02. The fourth-order valence-electron chi connectivity index (χ4n) is 1.67. The van der Waals surface area contributed by atoms with Crippen LogP contribution in [0.15, 0.2) is 24.3 Å². The number of ether oxygens (including phenoxy) is 2. The summed E-state index contributed by atoms with van der Waals surface area (Å²) in [4.78, 5) is 10.1. The van der Waals surface area contributed by atoms with Crippen LogP contribution in [0.1, 0.15) is 12.8 Å². The first-order valence-corrected chi connectivity index (χ1v) is 5.24. The maximum atomic E-state index is 10.6. The predicted octanol–water partition coefficient (Wildman–Crippen LogP) is 2.15. The van der Waals surface area contributed by atoms with Gasteiger partial charge in [-0.05, 0) is 18.9 Å². The molecule has 0 aliphatic carbocycles.